The Labute approximate surface area is 135 Å². The summed E-state index contributed by atoms with van der Waals surface area (Å²) in [6.45, 7) is 7.73. The molecule has 2 aromatic rings. The van der Waals surface area contributed by atoms with Crippen LogP contribution in [-0.2, 0) is 13.0 Å². The summed E-state index contributed by atoms with van der Waals surface area (Å²) in [5.74, 6) is 0. The predicted octanol–water partition coefficient (Wildman–Crippen LogP) is 2.90. The highest BCUT2D eigenvalue weighted by molar-refractivity contribution is 7.09. The maximum atomic E-state index is 12.1. The van der Waals surface area contributed by atoms with Crippen molar-refractivity contribution in [2.24, 2.45) is 5.41 Å². The fraction of sp³-hybridized carbons (Fsp3) is 0.500. The van der Waals surface area contributed by atoms with Crippen molar-refractivity contribution in [1.29, 1.82) is 0 Å². The van der Waals surface area contributed by atoms with Gasteiger partial charge in [-0.15, -0.1) is 11.3 Å². The Hall–Kier alpha value is -1.82. The zero-order valence-corrected chi connectivity index (χ0v) is 14.2. The number of thiophene rings is 1. The number of hydrogen-bond acceptors (Lipinski definition) is 3. The molecule has 2 aromatic heterocycles. The molecule has 0 fully saturated rings. The Morgan fingerprint density at radius 2 is 2.27 bits per heavy atom. The maximum absolute atomic E-state index is 12.1. The van der Waals surface area contributed by atoms with Crippen LogP contribution in [0.1, 0.15) is 25.6 Å². The molecule has 2 N–H and O–H groups in total. The molecule has 1 unspecified atom stereocenters. The van der Waals surface area contributed by atoms with Gasteiger partial charge in [-0.05, 0) is 23.3 Å². The van der Waals surface area contributed by atoms with E-state index in [0.717, 1.165) is 6.42 Å². The summed E-state index contributed by atoms with van der Waals surface area (Å²) in [7, 11) is 0. The molecule has 0 spiro atoms. The summed E-state index contributed by atoms with van der Waals surface area (Å²) in [5, 5.41) is 8.07. The van der Waals surface area contributed by atoms with Crippen LogP contribution in [0.25, 0.3) is 0 Å². The lowest BCUT2D eigenvalue weighted by molar-refractivity contribution is 0.209. The summed E-state index contributed by atoms with van der Waals surface area (Å²) < 4.78 is 1.99. The second-order valence-electron chi connectivity index (χ2n) is 6.41. The lowest BCUT2D eigenvalue weighted by atomic mass is 9.86. The van der Waals surface area contributed by atoms with Crippen molar-refractivity contribution in [1.82, 2.24) is 20.2 Å². The van der Waals surface area contributed by atoms with E-state index < -0.39 is 0 Å². The zero-order chi connectivity index (χ0) is 16.0. The van der Waals surface area contributed by atoms with Gasteiger partial charge in [-0.2, -0.15) is 0 Å². The average Bonchev–Trinajstić information content (AvgIpc) is 3.09. The average molecular weight is 320 g/mol. The van der Waals surface area contributed by atoms with Crippen molar-refractivity contribution < 1.29 is 4.79 Å². The van der Waals surface area contributed by atoms with Crippen molar-refractivity contribution in [2.45, 2.75) is 39.8 Å². The fourth-order valence-electron chi connectivity index (χ4n) is 2.10. The van der Waals surface area contributed by atoms with Gasteiger partial charge < -0.3 is 15.2 Å². The number of aromatic nitrogens is 2. The minimum absolute atomic E-state index is 0.0310. The second-order valence-corrected chi connectivity index (χ2v) is 7.44. The van der Waals surface area contributed by atoms with Crippen LogP contribution in [0, 0.1) is 5.41 Å². The summed E-state index contributed by atoms with van der Waals surface area (Å²) >= 11 is 1.71. The van der Waals surface area contributed by atoms with Gasteiger partial charge in [-0.25, -0.2) is 9.78 Å². The SMILES string of the molecule is CC(C)(C)C(Cn1ccnc1)NC(=O)NCCc1cccs1. The van der Waals surface area contributed by atoms with E-state index in [1.165, 1.54) is 4.88 Å². The molecule has 2 amide bonds. The van der Waals surface area contributed by atoms with Crippen LogP contribution in [0.4, 0.5) is 4.79 Å². The van der Waals surface area contributed by atoms with Crippen molar-refractivity contribution in [3.05, 3.63) is 41.1 Å². The van der Waals surface area contributed by atoms with Crippen LogP contribution in [0.2, 0.25) is 0 Å². The number of amides is 2. The van der Waals surface area contributed by atoms with Crippen LogP contribution >= 0.6 is 11.3 Å². The topological polar surface area (TPSA) is 59.0 Å². The first-order chi connectivity index (χ1) is 10.4. The second kappa shape index (κ2) is 7.45. The molecule has 0 aliphatic heterocycles. The summed E-state index contributed by atoms with van der Waals surface area (Å²) in [4.78, 5) is 17.4. The lowest BCUT2D eigenvalue weighted by Gasteiger charge is -2.31. The highest BCUT2D eigenvalue weighted by Gasteiger charge is 2.26. The molecule has 0 radical (unpaired) electrons. The van der Waals surface area contributed by atoms with E-state index in [2.05, 4.69) is 47.8 Å². The Bertz CT molecular complexity index is 557. The third kappa shape index (κ3) is 5.18. The van der Waals surface area contributed by atoms with Crippen molar-refractivity contribution in [3.63, 3.8) is 0 Å². The van der Waals surface area contributed by atoms with Gasteiger partial charge in [0.15, 0.2) is 0 Å². The van der Waals surface area contributed by atoms with Crippen LogP contribution in [0.3, 0.4) is 0 Å². The van der Waals surface area contributed by atoms with Crippen LogP contribution in [-0.4, -0.2) is 28.2 Å². The molecule has 1 atom stereocenters. The van der Waals surface area contributed by atoms with Crippen molar-refractivity contribution >= 4 is 17.4 Å². The fourth-order valence-corrected chi connectivity index (χ4v) is 2.81. The minimum atomic E-state index is -0.114. The Morgan fingerprint density at radius 1 is 1.45 bits per heavy atom. The molecular formula is C16H24N4OS. The quantitative estimate of drug-likeness (QED) is 0.860. The van der Waals surface area contributed by atoms with Gasteiger partial charge in [0.05, 0.1) is 12.4 Å². The number of hydrogen-bond donors (Lipinski definition) is 2. The number of carbonyl (C=O) groups is 1. The third-order valence-electron chi connectivity index (χ3n) is 3.54. The number of urea groups is 1. The van der Waals surface area contributed by atoms with Crippen molar-refractivity contribution in [2.75, 3.05) is 6.54 Å². The van der Waals surface area contributed by atoms with Gasteiger partial charge in [0.25, 0.3) is 0 Å². The van der Waals surface area contributed by atoms with E-state index in [0.29, 0.717) is 13.1 Å². The first-order valence-corrected chi connectivity index (χ1v) is 8.35. The van der Waals surface area contributed by atoms with E-state index in [1.54, 1.807) is 23.9 Å². The molecule has 5 nitrogen and oxygen atoms in total. The molecule has 0 saturated heterocycles. The van der Waals surface area contributed by atoms with E-state index in [4.69, 9.17) is 0 Å². The molecule has 0 saturated carbocycles. The predicted molar refractivity (Wildman–Crippen MR) is 90.0 cm³/mol. The van der Waals surface area contributed by atoms with Crippen LogP contribution in [0.15, 0.2) is 36.2 Å². The first kappa shape index (κ1) is 16.5. The maximum Gasteiger partial charge on any atom is 0.315 e. The van der Waals surface area contributed by atoms with E-state index >= 15 is 0 Å². The Kier molecular flexibility index (Phi) is 5.60. The molecule has 22 heavy (non-hydrogen) atoms. The molecule has 0 aliphatic rings. The number of nitrogens with one attached hydrogen (secondary N) is 2. The largest absolute Gasteiger partial charge is 0.338 e. The van der Waals surface area contributed by atoms with Gasteiger partial charge >= 0.3 is 6.03 Å². The van der Waals surface area contributed by atoms with Gasteiger partial charge in [-0.3, -0.25) is 0 Å². The van der Waals surface area contributed by atoms with Gasteiger partial charge in [-0.1, -0.05) is 26.8 Å². The number of nitrogens with zero attached hydrogens (tertiary/aromatic N) is 2. The molecule has 120 valence electrons. The van der Waals surface area contributed by atoms with E-state index in [1.807, 2.05) is 16.8 Å². The molecule has 0 bridgehead atoms. The summed E-state index contributed by atoms with van der Waals surface area (Å²) in [6.07, 6.45) is 6.30. The molecule has 0 aliphatic carbocycles. The Morgan fingerprint density at radius 3 is 2.86 bits per heavy atom. The first-order valence-electron chi connectivity index (χ1n) is 7.47. The van der Waals surface area contributed by atoms with Gasteiger partial charge in [0.2, 0.25) is 0 Å². The van der Waals surface area contributed by atoms with Crippen molar-refractivity contribution in [3.8, 4) is 0 Å². The summed E-state index contributed by atoms with van der Waals surface area (Å²) in [6, 6.07) is 4.03. The Balaban J connectivity index is 1.82. The smallest absolute Gasteiger partial charge is 0.315 e. The number of imidazole rings is 1. The third-order valence-corrected chi connectivity index (χ3v) is 4.48. The zero-order valence-electron chi connectivity index (χ0n) is 13.4. The lowest BCUT2D eigenvalue weighted by Crippen LogP contribution is -2.50. The van der Waals surface area contributed by atoms with Gasteiger partial charge in [0.1, 0.15) is 0 Å². The van der Waals surface area contributed by atoms with Gasteiger partial charge in [0, 0.05) is 30.4 Å². The highest BCUT2D eigenvalue weighted by atomic mass is 32.1. The minimum Gasteiger partial charge on any atom is -0.338 e. The molecular weight excluding hydrogens is 296 g/mol. The van der Waals surface area contributed by atoms with Crippen LogP contribution < -0.4 is 10.6 Å². The highest BCUT2D eigenvalue weighted by Crippen LogP contribution is 2.20. The summed E-state index contributed by atoms with van der Waals surface area (Å²) in [5.41, 5.74) is -0.0324. The standard InChI is InChI=1S/C16H24N4OS/c1-16(2,3)14(11-20-9-8-17-12-20)19-15(21)18-7-6-13-5-4-10-22-13/h4-5,8-10,12,14H,6-7,11H2,1-3H3,(H2,18,19,21). The molecule has 0 aromatic carbocycles. The van der Waals surface area contributed by atoms with E-state index in [9.17, 15) is 4.79 Å². The monoisotopic (exact) mass is 320 g/mol. The molecule has 6 heteroatoms. The van der Waals surface area contributed by atoms with E-state index in [-0.39, 0.29) is 17.5 Å². The number of rotatable bonds is 6. The normalized spacial score (nSPS) is 12.9. The molecule has 2 rings (SSSR count). The molecule has 2 heterocycles. The van der Waals surface area contributed by atoms with Crippen LogP contribution in [0.5, 0.6) is 0 Å². The number of carbonyl (C=O) groups excluding carboxylic acids is 1.